The number of amides is 2. The molecule has 4 nitrogen and oxygen atoms in total. The molecule has 2 amide bonds. The van der Waals surface area contributed by atoms with Crippen molar-refractivity contribution in [1.29, 1.82) is 0 Å². The molecule has 1 saturated heterocycles. The number of ether oxygens (including phenoxy) is 1. The van der Waals surface area contributed by atoms with Gasteiger partial charge < -0.3 is 15.0 Å². The molecule has 1 heterocycles. The van der Waals surface area contributed by atoms with Crippen LogP contribution in [0.15, 0.2) is 18.2 Å². The molecule has 110 valence electrons. The smallest absolute Gasteiger partial charge is 0.320 e. The molecular formula is C16H24N2O2. The molecule has 1 aliphatic heterocycles. The Labute approximate surface area is 121 Å². The number of piperidine rings is 1. The molecule has 1 fully saturated rings. The monoisotopic (exact) mass is 276 g/mol. The van der Waals surface area contributed by atoms with Crippen molar-refractivity contribution in [3.8, 4) is 5.75 Å². The molecule has 1 aromatic rings. The quantitative estimate of drug-likeness (QED) is 0.862. The topological polar surface area (TPSA) is 41.6 Å². The minimum absolute atomic E-state index is 0.0257. The summed E-state index contributed by atoms with van der Waals surface area (Å²) in [6, 6.07) is 5.92. The van der Waals surface area contributed by atoms with Gasteiger partial charge in [0.15, 0.2) is 6.73 Å². The highest BCUT2D eigenvalue weighted by atomic mass is 16.5. The van der Waals surface area contributed by atoms with Crippen molar-refractivity contribution in [2.24, 2.45) is 5.92 Å². The van der Waals surface area contributed by atoms with Gasteiger partial charge in [-0.2, -0.15) is 0 Å². The summed E-state index contributed by atoms with van der Waals surface area (Å²) in [5.41, 5.74) is 2.31. The van der Waals surface area contributed by atoms with Crippen molar-refractivity contribution in [3.05, 3.63) is 29.3 Å². The first-order valence-corrected chi connectivity index (χ1v) is 7.29. The second-order valence-corrected chi connectivity index (χ2v) is 5.64. The van der Waals surface area contributed by atoms with Crippen LogP contribution in [0.2, 0.25) is 0 Å². The van der Waals surface area contributed by atoms with Gasteiger partial charge in [0.05, 0.1) is 0 Å². The summed E-state index contributed by atoms with van der Waals surface area (Å²) in [4.78, 5) is 13.8. The van der Waals surface area contributed by atoms with Gasteiger partial charge in [0.1, 0.15) is 5.75 Å². The van der Waals surface area contributed by atoms with Gasteiger partial charge in [-0.05, 0) is 49.8 Å². The normalized spacial score (nSPS) is 16.1. The van der Waals surface area contributed by atoms with E-state index in [2.05, 4.69) is 25.2 Å². The zero-order chi connectivity index (χ0) is 14.5. The Morgan fingerprint density at radius 3 is 2.75 bits per heavy atom. The van der Waals surface area contributed by atoms with Gasteiger partial charge in [-0.25, -0.2) is 4.79 Å². The highest BCUT2D eigenvalue weighted by Gasteiger charge is 2.19. The lowest BCUT2D eigenvalue weighted by molar-refractivity contribution is 0.163. The SMILES string of the molecule is Cc1cccc(OCNC(=O)N2CCC(C)CC2)c1C. The number of likely N-dealkylation sites (tertiary alicyclic amines) is 1. The van der Waals surface area contributed by atoms with Crippen LogP contribution in [0, 0.1) is 19.8 Å². The number of benzene rings is 1. The molecule has 0 atom stereocenters. The number of nitrogens with one attached hydrogen (secondary N) is 1. The molecule has 0 unspecified atom stereocenters. The van der Waals surface area contributed by atoms with Crippen LogP contribution in [0.3, 0.4) is 0 Å². The van der Waals surface area contributed by atoms with Gasteiger partial charge in [0.25, 0.3) is 0 Å². The summed E-state index contributed by atoms with van der Waals surface area (Å²) in [6.45, 7) is 8.22. The Morgan fingerprint density at radius 2 is 2.05 bits per heavy atom. The molecule has 0 bridgehead atoms. The fourth-order valence-corrected chi connectivity index (χ4v) is 2.38. The van der Waals surface area contributed by atoms with Crippen LogP contribution in [-0.4, -0.2) is 30.8 Å². The van der Waals surface area contributed by atoms with E-state index < -0.39 is 0 Å². The van der Waals surface area contributed by atoms with Crippen molar-refractivity contribution < 1.29 is 9.53 Å². The Bertz CT molecular complexity index is 466. The van der Waals surface area contributed by atoms with E-state index in [4.69, 9.17) is 4.74 Å². The summed E-state index contributed by atoms with van der Waals surface area (Å²) in [5, 5.41) is 2.83. The van der Waals surface area contributed by atoms with Gasteiger partial charge in [-0.3, -0.25) is 0 Å². The van der Waals surface area contributed by atoms with Crippen molar-refractivity contribution in [3.63, 3.8) is 0 Å². The predicted molar refractivity (Wildman–Crippen MR) is 79.9 cm³/mol. The average Bonchev–Trinajstić information content (AvgIpc) is 2.44. The zero-order valence-electron chi connectivity index (χ0n) is 12.6. The largest absolute Gasteiger partial charge is 0.473 e. The minimum Gasteiger partial charge on any atom is -0.473 e. The van der Waals surface area contributed by atoms with E-state index in [0.29, 0.717) is 0 Å². The Kier molecular flexibility index (Phi) is 4.88. The average molecular weight is 276 g/mol. The zero-order valence-corrected chi connectivity index (χ0v) is 12.6. The van der Waals surface area contributed by atoms with Crippen LogP contribution in [0.25, 0.3) is 0 Å². The molecule has 2 rings (SSSR count). The number of carbonyl (C=O) groups is 1. The summed E-state index contributed by atoms with van der Waals surface area (Å²) in [6.07, 6.45) is 2.18. The molecule has 1 aliphatic rings. The third-order valence-electron chi connectivity index (χ3n) is 4.08. The Balaban J connectivity index is 1.78. The number of hydrogen-bond acceptors (Lipinski definition) is 2. The van der Waals surface area contributed by atoms with E-state index in [1.807, 2.05) is 24.0 Å². The Hall–Kier alpha value is -1.71. The van der Waals surface area contributed by atoms with Gasteiger partial charge in [0, 0.05) is 13.1 Å². The molecule has 1 N–H and O–H groups in total. The number of rotatable bonds is 3. The van der Waals surface area contributed by atoms with E-state index in [1.165, 1.54) is 5.56 Å². The summed E-state index contributed by atoms with van der Waals surface area (Å²) in [5.74, 6) is 1.56. The second kappa shape index (κ2) is 6.64. The lowest BCUT2D eigenvalue weighted by Crippen LogP contribution is -2.45. The van der Waals surface area contributed by atoms with Crippen molar-refractivity contribution in [2.45, 2.75) is 33.6 Å². The van der Waals surface area contributed by atoms with Crippen molar-refractivity contribution in [1.82, 2.24) is 10.2 Å². The molecule has 0 spiro atoms. The number of nitrogens with zero attached hydrogens (tertiary/aromatic N) is 1. The van der Waals surface area contributed by atoms with Crippen LogP contribution >= 0.6 is 0 Å². The van der Waals surface area contributed by atoms with Crippen molar-refractivity contribution in [2.75, 3.05) is 19.8 Å². The third kappa shape index (κ3) is 3.65. The highest BCUT2D eigenvalue weighted by Crippen LogP contribution is 2.20. The molecular weight excluding hydrogens is 252 g/mol. The fourth-order valence-electron chi connectivity index (χ4n) is 2.38. The van der Waals surface area contributed by atoms with Crippen LogP contribution in [0.4, 0.5) is 4.79 Å². The van der Waals surface area contributed by atoms with Crippen LogP contribution < -0.4 is 10.1 Å². The molecule has 0 aliphatic carbocycles. The lowest BCUT2D eigenvalue weighted by Gasteiger charge is -2.30. The maximum Gasteiger partial charge on any atom is 0.320 e. The van der Waals surface area contributed by atoms with Gasteiger partial charge in [-0.15, -0.1) is 0 Å². The van der Waals surface area contributed by atoms with E-state index in [0.717, 1.165) is 43.2 Å². The predicted octanol–water partition coefficient (Wildman–Crippen LogP) is 3.08. The third-order valence-corrected chi connectivity index (χ3v) is 4.08. The first-order valence-electron chi connectivity index (χ1n) is 7.29. The standard InChI is InChI=1S/C16H24N2O2/c1-12-7-9-18(10-8-12)16(19)17-11-20-15-6-4-5-13(2)14(15)3/h4-6,12H,7-11H2,1-3H3,(H,17,19). The van der Waals surface area contributed by atoms with Gasteiger partial charge in [-0.1, -0.05) is 19.1 Å². The highest BCUT2D eigenvalue weighted by molar-refractivity contribution is 5.74. The van der Waals surface area contributed by atoms with Crippen molar-refractivity contribution >= 4 is 6.03 Å². The molecule has 4 heteroatoms. The van der Waals surface area contributed by atoms with E-state index in [-0.39, 0.29) is 12.8 Å². The first kappa shape index (κ1) is 14.7. The van der Waals surface area contributed by atoms with E-state index in [9.17, 15) is 4.79 Å². The van der Waals surface area contributed by atoms with E-state index in [1.54, 1.807) is 0 Å². The van der Waals surface area contributed by atoms with E-state index >= 15 is 0 Å². The maximum absolute atomic E-state index is 12.0. The summed E-state index contributed by atoms with van der Waals surface area (Å²) in [7, 11) is 0. The maximum atomic E-state index is 12.0. The van der Waals surface area contributed by atoms with Crippen LogP contribution in [0.5, 0.6) is 5.75 Å². The molecule has 20 heavy (non-hydrogen) atoms. The number of carbonyl (C=O) groups excluding carboxylic acids is 1. The second-order valence-electron chi connectivity index (χ2n) is 5.64. The van der Waals surface area contributed by atoms with Crippen LogP contribution in [0.1, 0.15) is 30.9 Å². The number of aryl methyl sites for hydroxylation is 1. The summed E-state index contributed by atoms with van der Waals surface area (Å²) < 4.78 is 5.64. The summed E-state index contributed by atoms with van der Waals surface area (Å²) >= 11 is 0. The molecule has 0 saturated carbocycles. The molecule has 1 aromatic carbocycles. The fraction of sp³-hybridized carbons (Fsp3) is 0.562. The number of urea groups is 1. The molecule has 0 aromatic heterocycles. The first-order chi connectivity index (χ1) is 9.58. The molecule has 0 radical (unpaired) electrons. The minimum atomic E-state index is -0.0257. The van der Waals surface area contributed by atoms with Gasteiger partial charge >= 0.3 is 6.03 Å². The lowest BCUT2D eigenvalue weighted by atomic mass is 10.00. The van der Waals surface area contributed by atoms with Gasteiger partial charge in [0.2, 0.25) is 0 Å². The number of hydrogen-bond donors (Lipinski definition) is 1. The van der Waals surface area contributed by atoms with Crippen LogP contribution in [-0.2, 0) is 0 Å². The Morgan fingerprint density at radius 1 is 1.35 bits per heavy atom.